The first-order valence-electron chi connectivity index (χ1n) is 16.9. The van der Waals surface area contributed by atoms with Crippen LogP contribution in [0.3, 0.4) is 0 Å². The third-order valence-electron chi connectivity index (χ3n) is 9.51. The van der Waals surface area contributed by atoms with E-state index >= 15 is 0 Å². The lowest BCUT2D eigenvalue weighted by Crippen LogP contribution is -2.30. The molecule has 46 heavy (non-hydrogen) atoms. The predicted molar refractivity (Wildman–Crippen MR) is 179 cm³/mol. The van der Waals surface area contributed by atoms with E-state index in [-0.39, 0.29) is 43.3 Å². The van der Waals surface area contributed by atoms with Gasteiger partial charge in [-0.15, -0.1) is 0 Å². The summed E-state index contributed by atoms with van der Waals surface area (Å²) in [7, 11) is 1.45. The Hall–Kier alpha value is -3.69. The number of pyridine rings is 1. The first-order chi connectivity index (χ1) is 22.3. The summed E-state index contributed by atoms with van der Waals surface area (Å²) in [5.41, 5.74) is 8.93. The molecule has 4 rings (SSSR count). The number of carbonyl (C=O) groups is 2. The van der Waals surface area contributed by atoms with Gasteiger partial charge in [0.1, 0.15) is 5.82 Å². The number of aromatic nitrogens is 2. The predicted octanol–water partition coefficient (Wildman–Crippen LogP) is 6.04. The summed E-state index contributed by atoms with van der Waals surface area (Å²) in [6.07, 6.45) is 14.6. The lowest BCUT2D eigenvalue weighted by Gasteiger charge is -2.28. The van der Waals surface area contributed by atoms with Gasteiger partial charge in [0.2, 0.25) is 0 Å². The number of carbonyl (C=O) groups excluding carboxylic acids is 2. The zero-order chi connectivity index (χ0) is 32.9. The quantitative estimate of drug-likeness (QED) is 0.0789. The van der Waals surface area contributed by atoms with Crippen LogP contribution in [-0.2, 0) is 22.4 Å². The highest BCUT2D eigenvalue weighted by Gasteiger charge is 2.30. The van der Waals surface area contributed by atoms with Crippen molar-refractivity contribution in [2.75, 3.05) is 19.5 Å². The number of anilines is 1. The summed E-state index contributed by atoms with van der Waals surface area (Å²) in [4.78, 5) is 32.8. The van der Waals surface area contributed by atoms with Gasteiger partial charge in [0.05, 0.1) is 7.11 Å². The minimum atomic E-state index is -1.63. The molecule has 1 aromatic carbocycles. The number of hydrogen-bond donors (Lipinski definition) is 5. The maximum absolute atomic E-state index is 12.9. The molecule has 0 spiro atoms. The number of phenolic OH excluding ortho intramolecular Hbond substituents is 1. The highest BCUT2D eigenvalue weighted by molar-refractivity contribution is 6.05. The Bertz CT molecular complexity index is 1390. The Morgan fingerprint density at radius 2 is 1.80 bits per heavy atom. The Morgan fingerprint density at radius 3 is 2.50 bits per heavy atom. The molecule has 250 valence electrons. The summed E-state index contributed by atoms with van der Waals surface area (Å²) in [6.45, 7) is -0.175. The van der Waals surface area contributed by atoms with Crippen molar-refractivity contribution in [3.63, 3.8) is 0 Å². The number of rotatable bonds is 19. The van der Waals surface area contributed by atoms with E-state index in [2.05, 4.69) is 9.97 Å². The molecule has 0 radical (unpaired) electrons. The maximum atomic E-state index is 12.9. The fourth-order valence-electron chi connectivity index (χ4n) is 6.94. The Kier molecular flexibility index (Phi) is 13.7. The van der Waals surface area contributed by atoms with Crippen molar-refractivity contribution in [1.29, 1.82) is 0 Å². The second-order valence-corrected chi connectivity index (χ2v) is 12.9. The second kappa shape index (κ2) is 17.9. The molecule has 0 aliphatic heterocycles. The van der Waals surface area contributed by atoms with E-state index in [1.165, 1.54) is 52.1 Å². The Morgan fingerprint density at radius 1 is 1.04 bits per heavy atom. The number of aryl methyl sites for hydroxylation is 1. The van der Waals surface area contributed by atoms with Crippen molar-refractivity contribution in [3.05, 3.63) is 71.2 Å². The van der Waals surface area contributed by atoms with Gasteiger partial charge in [-0.1, -0.05) is 63.9 Å². The summed E-state index contributed by atoms with van der Waals surface area (Å²) < 4.78 is 5.51. The number of methoxy groups -OCH3 is 1. The fourth-order valence-corrected chi connectivity index (χ4v) is 6.94. The number of benzene rings is 1. The SMILES string of the molecule is COc1cc(CCC(=O)[C@H](O)C(=O)CCCCCCC2CCCCC2)cc([C@@H](c2ccnc(N)c2)[C@H](CO)Cc2ccc[nH]2)c1O. The summed E-state index contributed by atoms with van der Waals surface area (Å²) in [6, 6.07) is 10.8. The molecule has 3 aromatic rings. The van der Waals surface area contributed by atoms with E-state index in [4.69, 9.17) is 10.5 Å². The summed E-state index contributed by atoms with van der Waals surface area (Å²) >= 11 is 0. The van der Waals surface area contributed by atoms with Gasteiger partial charge < -0.3 is 30.8 Å². The lowest BCUT2D eigenvalue weighted by atomic mass is 9.78. The largest absolute Gasteiger partial charge is 0.504 e. The van der Waals surface area contributed by atoms with Crippen LogP contribution in [0.4, 0.5) is 5.82 Å². The van der Waals surface area contributed by atoms with Gasteiger partial charge in [-0.05, 0) is 72.6 Å². The Labute approximate surface area is 272 Å². The molecule has 1 fully saturated rings. The highest BCUT2D eigenvalue weighted by atomic mass is 16.5. The number of unbranched alkanes of at least 4 members (excludes halogenated alkanes) is 3. The van der Waals surface area contributed by atoms with Crippen LogP contribution in [0.2, 0.25) is 0 Å². The zero-order valence-electron chi connectivity index (χ0n) is 27.1. The first-order valence-corrected chi connectivity index (χ1v) is 16.9. The minimum Gasteiger partial charge on any atom is -0.504 e. The van der Waals surface area contributed by atoms with Crippen molar-refractivity contribution in [2.45, 2.75) is 102 Å². The van der Waals surface area contributed by atoms with E-state index < -0.39 is 23.6 Å². The van der Waals surface area contributed by atoms with Gasteiger partial charge in [0, 0.05) is 49.0 Å². The van der Waals surface area contributed by atoms with Gasteiger partial charge in [-0.25, -0.2) is 4.98 Å². The number of nitrogen functional groups attached to an aromatic ring is 1. The smallest absolute Gasteiger partial charge is 0.170 e. The fraction of sp³-hybridized carbons (Fsp3) is 0.541. The van der Waals surface area contributed by atoms with Gasteiger partial charge >= 0.3 is 0 Å². The number of aromatic amines is 1. The number of aromatic hydroxyl groups is 1. The number of hydrogen-bond acceptors (Lipinski definition) is 8. The highest BCUT2D eigenvalue weighted by Crippen LogP contribution is 2.43. The van der Waals surface area contributed by atoms with Crippen LogP contribution in [0, 0.1) is 11.8 Å². The zero-order valence-corrected chi connectivity index (χ0v) is 27.1. The number of phenols is 1. The summed E-state index contributed by atoms with van der Waals surface area (Å²) in [5, 5.41) is 32.4. The molecule has 6 N–H and O–H groups in total. The number of aliphatic hydroxyl groups is 2. The molecule has 3 atom stereocenters. The first kappa shape index (κ1) is 35.2. The van der Waals surface area contributed by atoms with Crippen LogP contribution in [0.25, 0.3) is 0 Å². The van der Waals surface area contributed by atoms with Gasteiger partial charge in [-0.2, -0.15) is 0 Å². The van der Waals surface area contributed by atoms with Gasteiger partial charge in [0.15, 0.2) is 29.2 Å². The number of ether oxygens (including phenoxy) is 1. The molecule has 0 saturated heterocycles. The second-order valence-electron chi connectivity index (χ2n) is 12.9. The third-order valence-corrected chi connectivity index (χ3v) is 9.51. The lowest BCUT2D eigenvalue weighted by molar-refractivity contribution is -0.138. The van der Waals surface area contributed by atoms with Crippen molar-refractivity contribution in [2.24, 2.45) is 11.8 Å². The number of nitrogens with one attached hydrogen (secondary N) is 1. The molecular formula is C37H51N3O6. The van der Waals surface area contributed by atoms with Crippen LogP contribution < -0.4 is 10.5 Å². The van der Waals surface area contributed by atoms with Gasteiger partial charge in [0.25, 0.3) is 0 Å². The van der Waals surface area contributed by atoms with E-state index in [9.17, 15) is 24.9 Å². The number of H-pyrrole nitrogens is 1. The number of aliphatic hydroxyl groups excluding tert-OH is 2. The molecule has 0 amide bonds. The number of nitrogens with zero attached hydrogens (tertiary/aromatic N) is 1. The summed E-state index contributed by atoms with van der Waals surface area (Å²) in [5.74, 6) is -0.454. The van der Waals surface area contributed by atoms with Crippen molar-refractivity contribution >= 4 is 17.4 Å². The molecule has 1 aliphatic carbocycles. The van der Waals surface area contributed by atoms with Crippen LogP contribution >= 0.6 is 0 Å². The molecule has 2 aromatic heterocycles. The van der Waals surface area contributed by atoms with Gasteiger partial charge in [-0.3, -0.25) is 9.59 Å². The van der Waals surface area contributed by atoms with Crippen molar-refractivity contribution in [1.82, 2.24) is 9.97 Å². The monoisotopic (exact) mass is 633 g/mol. The van der Waals surface area contributed by atoms with Crippen LogP contribution in [0.1, 0.15) is 105 Å². The molecule has 9 heteroatoms. The molecule has 1 aliphatic rings. The number of nitrogens with two attached hydrogens (primary N) is 1. The number of ketones is 2. The molecule has 2 heterocycles. The molecule has 9 nitrogen and oxygen atoms in total. The molecule has 1 saturated carbocycles. The standard InChI is InChI=1S/C37H51N3O6/c1-46-33-21-26(15-16-32(43)37(45)31(42)14-8-3-2-5-10-25-11-6-4-7-12-25)20-30(36(33)44)35(27-17-19-40-34(38)23-27)28(24-41)22-29-13-9-18-39-29/h9,13,17-21,23,25,28,35,37,39,41,44-45H,2-8,10-12,14-16,22,24H2,1H3,(H2,38,40)/t28-,35-,37+/m0/s1. The average molecular weight is 634 g/mol. The normalized spacial score (nSPS) is 15.7. The molecule has 0 unspecified atom stereocenters. The minimum absolute atomic E-state index is 0.0412. The maximum Gasteiger partial charge on any atom is 0.170 e. The van der Waals surface area contributed by atoms with Crippen LogP contribution in [0.15, 0.2) is 48.8 Å². The van der Waals surface area contributed by atoms with E-state index in [1.807, 2.05) is 18.3 Å². The van der Waals surface area contributed by atoms with Crippen molar-refractivity contribution in [3.8, 4) is 11.5 Å². The van der Waals surface area contributed by atoms with Crippen LogP contribution in [0.5, 0.6) is 11.5 Å². The van der Waals surface area contributed by atoms with E-state index in [0.717, 1.165) is 30.0 Å². The number of Topliss-reactive ketones (excluding diaryl/α,β-unsaturated/α-hetero) is 2. The topological polar surface area (TPSA) is 159 Å². The van der Waals surface area contributed by atoms with E-state index in [0.29, 0.717) is 29.8 Å². The molecular weight excluding hydrogens is 582 g/mol. The van der Waals surface area contributed by atoms with E-state index in [1.54, 1.807) is 30.5 Å². The Balaban J connectivity index is 1.40. The third kappa shape index (κ3) is 9.90. The van der Waals surface area contributed by atoms with Crippen LogP contribution in [-0.4, -0.2) is 56.7 Å². The molecule has 0 bridgehead atoms. The average Bonchev–Trinajstić information content (AvgIpc) is 3.59. The van der Waals surface area contributed by atoms with Crippen molar-refractivity contribution < 1.29 is 29.6 Å².